The molecular formula is C36H27ClN2O4. The molecular weight excluding hydrogens is 560 g/mol. The van der Waals surface area contributed by atoms with E-state index in [1.807, 2.05) is 65.7 Å². The van der Waals surface area contributed by atoms with Crippen molar-refractivity contribution in [2.75, 3.05) is 11.9 Å². The summed E-state index contributed by atoms with van der Waals surface area (Å²) in [6, 6.07) is 27.2. The van der Waals surface area contributed by atoms with Gasteiger partial charge in [0.15, 0.2) is 11.6 Å². The van der Waals surface area contributed by atoms with E-state index in [1.165, 1.54) is 0 Å². The number of ketones is 2. The first-order valence-electron chi connectivity index (χ1n) is 14.1. The fraction of sp³-hybridized carbons (Fsp3) is 0.139. The van der Waals surface area contributed by atoms with Gasteiger partial charge in [-0.15, -0.1) is 0 Å². The molecule has 43 heavy (non-hydrogen) atoms. The van der Waals surface area contributed by atoms with E-state index < -0.39 is 23.4 Å². The lowest BCUT2D eigenvalue weighted by Crippen LogP contribution is -2.49. The molecule has 0 aliphatic carbocycles. The summed E-state index contributed by atoms with van der Waals surface area (Å²) in [5.41, 5.74) is 2.41. The fourth-order valence-corrected chi connectivity index (χ4v) is 7.19. The van der Waals surface area contributed by atoms with Gasteiger partial charge in [-0.05, 0) is 65.2 Å². The van der Waals surface area contributed by atoms with E-state index in [-0.39, 0.29) is 24.1 Å². The van der Waals surface area contributed by atoms with Gasteiger partial charge in [-0.3, -0.25) is 14.4 Å². The smallest absolute Gasteiger partial charge is 0.238 e. The van der Waals surface area contributed by atoms with Crippen LogP contribution >= 0.6 is 11.6 Å². The van der Waals surface area contributed by atoms with Crippen molar-refractivity contribution in [3.05, 3.63) is 149 Å². The summed E-state index contributed by atoms with van der Waals surface area (Å²) in [6.45, 7) is 3.93. The number of hydrogen-bond acceptors (Lipinski definition) is 5. The van der Waals surface area contributed by atoms with Crippen molar-refractivity contribution in [2.24, 2.45) is 5.92 Å². The molecule has 1 spiro atoms. The molecule has 1 N–H and O–H groups in total. The minimum atomic E-state index is -1.42. The Morgan fingerprint density at radius 3 is 2.47 bits per heavy atom. The number of benzene rings is 4. The topological polar surface area (TPSA) is 75.7 Å². The molecule has 3 aliphatic rings. The van der Waals surface area contributed by atoms with Crippen LogP contribution in [-0.2, 0) is 10.2 Å². The number of nitrogens with one attached hydrogen (secondary N) is 1. The maximum absolute atomic E-state index is 15.1. The van der Waals surface area contributed by atoms with E-state index >= 15 is 4.79 Å². The normalized spacial score (nSPS) is 22.9. The number of nitrogens with zero attached hydrogens (tertiary/aromatic N) is 1. The van der Waals surface area contributed by atoms with Crippen LogP contribution in [0.1, 0.15) is 43.4 Å². The number of rotatable bonds is 7. The summed E-state index contributed by atoms with van der Waals surface area (Å²) in [4.78, 5) is 46.2. The first-order valence-corrected chi connectivity index (χ1v) is 14.5. The Morgan fingerprint density at radius 2 is 1.65 bits per heavy atom. The van der Waals surface area contributed by atoms with E-state index in [0.29, 0.717) is 33.1 Å². The van der Waals surface area contributed by atoms with Gasteiger partial charge in [-0.1, -0.05) is 78.9 Å². The van der Waals surface area contributed by atoms with Crippen molar-refractivity contribution in [2.45, 2.75) is 17.5 Å². The van der Waals surface area contributed by atoms with Crippen LogP contribution in [0.5, 0.6) is 5.75 Å². The van der Waals surface area contributed by atoms with Crippen LogP contribution in [-0.4, -0.2) is 35.0 Å². The van der Waals surface area contributed by atoms with Crippen LogP contribution < -0.4 is 10.1 Å². The van der Waals surface area contributed by atoms with Crippen LogP contribution in [0.25, 0.3) is 6.08 Å². The highest BCUT2D eigenvalue weighted by atomic mass is 35.5. The van der Waals surface area contributed by atoms with Crippen LogP contribution in [0.2, 0.25) is 5.02 Å². The third kappa shape index (κ3) is 3.97. The van der Waals surface area contributed by atoms with Gasteiger partial charge in [0.1, 0.15) is 23.8 Å². The summed E-state index contributed by atoms with van der Waals surface area (Å²) in [7, 11) is 0. The van der Waals surface area contributed by atoms with Crippen LogP contribution in [0.15, 0.2) is 116 Å². The largest absolute Gasteiger partial charge is 0.489 e. The Morgan fingerprint density at radius 1 is 0.930 bits per heavy atom. The van der Waals surface area contributed by atoms with Crippen molar-refractivity contribution < 1.29 is 19.1 Å². The maximum atomic E-state index is 15.1. The Bertz CT molecular complexity index is 1830. The van der Waals surface area contributed by atoms with Crippen molar-refractivity contribution in [3.63, 3.8) is 0 Å². The highest BCUT2D eigenvalue weighted by molar-refractivity contribution is 6.30. The Hall–Kier alpha value is -4.94. The van der Waals surface area contributed by atoms with E-state index in [2.05, 4.69) is 11.9 Å². The van der Waals surface area contributed by atoms with Crippen molar-refractivity contribution in [1.82, 2.24) is 4.90 Å². The quantitative estimate of drug-likeness (QED) is 0.189. The first kappa shape index (κ1) is 26.9. The first-order chi connectivity index (χ1) is 21.0. The predicted molar refractivity (Wildman–Crippen MR) is 166 cm³/mol. The van der Waals surface area contributed by atoms with E-state index in [9.17, 15) is 9.59 Å². The van der Waals surface area contributed by atoms with Gasteiger partial charge in [0.25, 0.3) is 0 Å². The van der Waals surface area contributed by atoms with E-state index in [0.717, 1.165) is 11.1 Å². The predicted octanol–water partition coefficient (Wildman–Crippen LogP) is 6.89. The number of fused-ring (bicyclic) bond motifs is 6. The average molecular weight is 587 g/mol. The molecule has 0 saturated carbocycles. The monoisotopic (exact) mass is 586 g/mol. The van der Waals surface area contributed by atoms with Crippen LogP contribution in [0, 0.1) is 5.92 Å². The fourth-order valence-electron chi connectivity index (χ4n) is 7.06. The molecule has 0 unspecified atom stereocenters. The zero-order chi connectivity index (χ0) is 29.7. The molecule has 0 radical (unpaired) electrons. The Kier molecular flexibility index (Phi) is 6.51. The molecule has 7 heteroatoms. The highest BCUT2D eigenvalue weighted by Gasteiger charge is 2.70. The number of carbonyl (C=O) groups excluding carboxylic acids is 3. The number of Topliss-reactive ketones (excluding diaryl/α,β-unsaturated/α-hetero) is 2. The third-order valence-electron chi connectivity index (χ3n) is 8.76. The summed E-state index contributed by atoms with van der Waals surface area (Å²) < 4.78 is 5.92. The second-order valence-electron chi connectivity index (χ2n) is 10.9. The van der Waals surface area contributed by atoms with Crippen molar-refractivity contribution >= 4 is 40.8 Å². The molecule has 6 nitrogen and oxygen atoms in total. The van der Waals surface area contributed by atoms with Crippen molar-refractivity contribution in [3.8, 4) is 5.75 Å². The van der Waals surface area contributed by atoms with Gasteiger partial charge >= 0.3 is 0 Å². The number of amides is 1. The molecule has 4 aromatic carbocycles. The second kappa shape index (κ2) is 10.4. The lowest BCUT2D eigenvalue weighted by Gasteiger charge is -2.38. The molecule has 3 heterocycles. The van der Waals surface area contributed by atoms with Crippen LogP contribution in [0.3, 0.4) is 0 Å². The van der Waals surface area contributed by atoms with Gasteiger partial charge in [-0.2, -0.15) is 0 Å². The minimum absolute atomic E-state index is 0.196. The number of para-hydroxylation sites is 2. The number of halogens is 1. The second-order valence-corrected chi connectivity index (χ2v) is 11.4. The van der Waals surface area contributed by atoms with Gasteiger partial charge in [0.2, 0.25) is 5.91 Å². The molecule has 4 atom stereocenters. The standard InChI is InChI=1S/C36H27ClN2O4/c1-2-21-43-29-14-8-5-11-26(29)33(41)30-31(32(40)23-15-17-24(37)18-16-23)39-20-19-22-9-3-4-10-25(22)34(39)36(30)27-12-6-7-13-28(27)38-35(36)42/h2-20,30-31,34H,1,21H2,(H,38,42)/t30-,31-,34-,36-/m1/s1. The van der Waals surface area contributed by atoms with E-state index in [4.69, 9.17) is 16.3 Å². The molecule has 1 saturated heterocycles. The molecule has 0 bridgehead atoms. The van der Waals surface area contributed by atoms with Gasteiger partial charge in [0, 0.05) is 22.5 Å². The average Bonchev–Trinajstić information content (AvgIpc) is 3.52. The molecule has 0 aromatic heterocycles. The van der Waals surface area contributed by atoms with Gasteiger partial charge < -0.3 is 15.0 Å². The summed E-state index contributed by atoms with van der Waals surface area (Å²) in [5.74, 6) is -1.67. The molecule has 212 valence electrons. The zero-order valence-corrected chi connectivity index (χ0v) is 23.8. The molecule has 3 aliphatic heterocycles. The van der Waals surface area contributed by atoms with Gasteiger partial charge in [0.05, 0.1) is 17.5 Å². The minimum Gasteiger partial charge on any atom is -0.489 e. The number of carbonyl (C=O) groups is 3. The van der Waals surface area contributed by atoms with Crippen LogP contribution in [0.4, 0.5) is 5.69 Å². The molecule has 1 fully saturated rings. The van der Waals surface area contributed by atoms with Gasteiger partial charge in [-0.25, -0.2) is 0 Å². The summed E-state index contributed by atoms with van der Waals surface area (Å²) in [6.07, 6.45) is 5.40. The Labute approximate surface area is 254 Å². The lowest BCUT2D eigenvalue weighted by molar-refractivity contribution is -0.122. The maximum Gasteiger partial charge on any atom is 0.238 e. The number of hydrogen-bond donors (Lipinski definition) is 1. The SMILES string of the molecule is C=CCOc1ccccc1C(=O)[C@H]1[C@H](C(=O)c2ccc(Cl)cc2)N2C=Cc3ccccc3[C@@H]2[C@]12C(=O)Nc1ccccc12. The van der Waals surface area contributed by atoms with Crippen molar-refractivity contribution in [1.29, 1.82) is 0 Å². The molecule has 4 aromatic rings. The molecule has 7 rings (SSSR count). The zero-order valence-electron chi connectivity index (χ0n) is 23.1. The lowest BCUT2D eigenvalue weighted by atomic mass is 9.62. The highest BCUT2D eigenvalue weighted by Crippen LogP contribution is 2.62. The summed E-state index contributed by atoms with van der Waals surface area (Å²) >= 11 is 6.17. The van der Waals surface area contributed by atoms with E-state index in [1.54, 1.807) is 54.6 Å². The summed E-state index contributed by atoms with van der Waals surface area (Å²) in [5, 5.41) is 3.57. The number of ether oxygens (including phenoxy) is 1. The Balaban J connectivity index is 1.52. The number of anilines is 1. The third-order valence-corrected chi connectivity index (χ3v) is 9.01. The molecule has 1 amide bonds.